The molecule has 0 atom stereocenters. The Morgan fingerprint density at radius 2 is 1.76 bits per heavy atom. The Bertz CT molecular complexity index is 1250. The van der Waals surface area contributed by atoms with Gasteiger partial charge in [-0.2, -0.15) is 0 Å². The van der Waals surface area contributed by atoms with Gasteiger partial charge >= 0.3 is 0 Å². The second-order valence-electron chi connectivity index (χ2n) is 8.20. The standard InChI is InChI=1S/C26H27N5OS/c1-17(2)21-12-5-6-13-22(21)31-25(20-11-8-14-27-15-20)29-30-26(31)33-16-23(32)28-24-18(3)9-7-10-19(24)4/h5-15,17H,16H2,1-4H3,(H,28,32). The van der Waals surface area contributed by atoms with E-state index in [-0.39, 0.29) is 11.7 Å². The van der Waals surface area contributed by atoms with E-state index < -0.39 is 0 Å². The van der Waals surface area contributed by atoms with Crippen molar-refractivity contribution in [2.45, 2.75) is 38.8 Å². The number of rotatable bonds is 7. The predicted octanol–water partition coefficient (Wildman–Crippen LogP) is 5.80. The molecule has 0 spiro atoms. The molecule has 0 unspecified atom stereocenters. The van der Waals surface area contributed by atoms with E-state index in [1.54, 1.807) is 12.4 Å². The molecule has 0 aliphatic heterocycles. The maximum Gasteiger partial charge on any atom is 0.234 e. The van der Waals surface area contributed by atoms with Crippen LogP contribution < -0.4 is 5.32 Å². The van der Waals surface area contributed by atoms with Crippen molar-refractivity contribution in [3.8, 4) is 17.1 Å². The van der Waals surface area contributed by atoms with Gasteiger partial charge in [-0.25, -0.2) is 0 Å². The molecule has 2 heterocycles. The Morgan fingerprint density at radius 1 is 1.00 bits per heavy atom. The molecule has 0 saturated carbocycles. The number of hydrogen-bond donors (Lipinski definition) is 1. The monoisotopic (exact) mass is 457 g/mol. The van der Waals surface area contributed by atoms with Gasteiger partial charge in [0.2, 0.25) is 5.91 Å². The number of anilines is 1. The van der Waals surface area contributed by atoms with Crippen molar-refractivity contribution >= 4 is 23.4 Å². The fourth-order valence-corrected chi connectivity index (χ4v) is 4.50. The minimum Gasteiger partial charge on any atom is -0.325 e. The summed E-state index contributed by atoms with van der Waals surface area (Å²) in [6, 6.07) is 18.1. The molecule has 0 aliphatic rings. The Balaban J connectivity index is 1.67. The fraction of sp³-hybridized carbons (Fsp3) is 0.231. The van der Waals surface area contributed by atoms with E-state index in [1.165, 1.54) is 17.3 Å². The molecule has 0 radical (unpaired) electrons. The van der Waals surface area contributed by atoms with Crippen LogP contribution in [0.15, 0.2) is 72.1 Å². The number of nitrogens with zero attached hydrogens (tertiary/aromatic N) is 4. The summed E-state index contributed by atoms with van der Waals surface area (Å²) in [5.41, 5.74) is 6.02. The number of hydrogen-bond acceptors (Lipinski definition) is 5. The Morgan fingerprint density at radius 3 is 2.45 bits per heavy atom. The lowest BCUT2D eigenvalue weighted by Gasteiger charge is -2.17. The van der Waals surface area contributed by atoms with Gasteiger partial charge in [0.25, 0.3) is 0 Å². The van der Waals surface area contributed by atoms with Crippen molar-refractivity contribution in [1.82, 2.24) is 19.7 Å². The number of carbonyl (C=O) groups is 1. The predicted molar refractivity (Wildman–Crippen MR) is 134 cm³/mol. The minimum atomic E-state index is -0.0768. The SMILES string of the molecule is Cc1cccc(C)c1NC(=O)CSc1nnc(-c2cccnc2)n1-c1ccccc1C(C)C. The third kappa shape index (κ3) is 4.98. The largest absolute Gasteiger partial charge is 0.325 e. The molecule has 0 saturated heterocycles. The highest BCUT2D eigenvalue weighted by Crippen LogP contribution is 2.32. The van der Waals surface area contributed by atoms with E-state index in [9.17, 15) is 4.79 Å². The lowest BCUT2D eigenvalue weighted by atomic mass is 10.0. The maximum atomic E-state index is 12.8. The Kier molecular flexibility index (Phi) is 6.89. The zero-order valence-electron chi connectivity index (χ0n) is 19.2. The molecule has 168 valence electrons. The van der Waals surface area contributed by atoms with Crippen LogP contribution in [0.1, 0.15) is 36.5 Å². The number of aryl methyl sites for hydroxylation is 2. The summed E-state index contributed by atoms with van der Waals surface area (Å²) >= 11 is 1.37. The van der Waals surface area contributed by atoms with Crippen LogP contribution in [-0.2, 0) is 4.79 Å². The first-order valence-electron chi connectivity index (χ1n) is 10.9. The first-order valence-corrected chi connectivity index (χ1v) is 11.9. The zero-order valence-corrected chi connectivity index (χ0v) is 20.1. The van der Waals surface area contributed by atoms with E-state index >= 15 is 0 Å². The molecule has 1 N–H and O–H groups in total. The highest BCUT2D eigenvalue weighted by Gasteiger charge is 2.20. The molecular formula is C26H27N5OS. The van der Waals surface area contributed by atoms with E-state index in [0.29, 0.717) is 16.9 Å². The summed E-state index contributed by atoms with van der Waals surface area (Å²) in [6.45, 7) is 8.32. The molecule has 2 aromatic carbocycles. The van der Waals surface area contributed by atoms with E-state index in [1.807, 2.05) is 60.9 Å². The van der Waals surface area contributed by atoms with Crippen LogP contribution in [0.5, 0.6) is 0 Å². The molecule has 1 amide bonds. The van der Waals surface area contributed by atoms with Gasteiger partial charge in [-0.1, -0.05) is 62.0 Å². The average Bonchev–Trinajstić information content (AvgIpc) is 3.24. The summed E-state index contributed by atoms with van der Waals surface area (Å²) in [6.07, 6.45) is 3.51. The zero-order chi connectivity index (χ0) is 23.4. The minimum absolute atomic E-state index is 0.0768. The third-order valence-electron chi connectivity index (χ3n) is 5.43. The number of benzene rings is 2. The molecular weight excluding hydrogens is 430 g/mol. The summed E-state index contributed by atoms with van der Waals surface area (Å²) < 4.78 is 2.03. The van der Waals surface area contributed by atoms with Crippen molar-refractivity contribution in [2.24, 2.45) is 0 Å². The Hall–Kier alpha value is -3.45. The molecule has 7 heteroatoms. The van der Waals surface area contributed by atoms with Gasteiger partial charge in [0.15, 0.2) is 11.0 Å². The highest BCUT2D eigenvalue weighted by molar-refractivity contribution is 7.99. The van der Waals surface area contributed by atoms with E-state index in [0.717, 1.165) is 28.1 Å². The number of carbonyl (C=O) groups excluding carboxylic acids is 1. The van der Waals surface area contributed by atoms with Crippen LogP contribution in [-0.4, -0.2) is 31.4 Å². The molecule has 0 bridgehead atoms. The number of nitrogens with one attached hydrogen (secondary N) is 1. The van der Waals surface area contributed by atoms with Gasteiger partial charge in [-0.15, -0.1) is 10.2 Å². The smallest absolute Gasteiger partial charge is 0.234 e. The van der Waals surface area contributed by atoms with Gasteiger partial charge in [-0.3, -0.25) is 14.3 Å². The summed E-state index contributed by atoms with van der Waals surface area (Å²) in [5.74, 6) is 1.17. The molecule has 0 fully saturated rings. The second-order valence-corrected chi connectivity index (χ2v) is 9.14. The molecule has 33 heavy (non-hydrogen) atoms. The molecule has 4 aromatic rings. The lowest BCUT2D eigenvalue weighted by molar-refractivity contribution is -0.113. The summed E-state index contributed by atoms with van der Waals surface area (Å²) in [4.78, 5) is 17.0. The second kappa shape index (κ2) is 10.0. The molecule has 6 nitrogen and oxygen atoms in total. The number of amides is 1. The third-order valence-corrected chi connectivity index (χ3v) is 6.36. The van der Waals surface area contributed by atoms with Crippen molar-refractivity contribution in [2.75, 3.05) is 11.1 Å². The number of pyridine rings is 1. The van der Waals surface area contributed by atoms with Crippen molar-refractivity contribution in [1.29, 1.82) is 0 Å². The Labute approximate surface area is 198 Å². The van der Waals surface area contributed by atoms with Crippen LogP contribution in [0, 0.1) is 13.8 Å². The average molecular weight is 458 g/mol. The normalized spacial score (nSPS) is 11.1. The van der Waals surface area contributed by atoms with Crippen LogP contribution in [0.2, 0.25) is 0 Å². The highest BCUT2D eigenvalue weighted by atomic mass is 32.2. The van der Waals surface area contributed by atoms with Crippen LogP contribution in [0.4, 0.5) is 5.69 Å². The van der Waals surface area contributed by atoms with E-state index in [4.69, 9.17) is 0 Å². The summed E-state index contributed by atoms with van der Waals surface area (Å²) in [5, 5.41) is 12.6. The van der Waals surface area contributed by atoms with Crippen molar-refractivity contribution in [3.63, 3.8) is 0 Å². The van der Waals surface area contributed by atoms with Crippen molar-refractivity contribution in [3.05, 3.63) is 83.7 Å². The number of aromatic nitrogens is 4. The van der Waals surface area contributed by atoms with Crippen LogP contribution in [0.25, 0.3) is 17.1 Å². The van der Waals surface area contributed by atoms with Gasteiger partial charge in [0.1, 0.15) is 0 Å². The lowest BCUT2D eigenvalue weighted by Crippen LogP contribution is -2.16. The maximum absolute atomic E-state index is 12.8. The van der Waals surface area contributed by atoms with Crippen LogP contribution in [0.3, 0.4) is 0 Å². The van der Waals surface area contributed by atoms with Gasteiger partial charge < -0.3 is 5.32 Å². The number of para-hydroxylation sites is 2. The number of thioether (sulfide) groups is 1. The van der Waals surface area contributed by atoms with Crippen LogP contribution >= 0.6 is 11.8 Å². The summed E-state index contributed by atoms with van der Waals surface area (Å²) in [7, 11) is 0. The van der Waals surface area contributed by atoms with Gasteiger partial charge in [0, 0.05) is 23.6 Å². The van der Waals surface area contributed by atoms with Crippen molar-refractivity contribution < 1.29 is 4.79 Å². The van der Waals surface area contributed by atoms with E-state index in [2.05, 4.69) is 46.5 Å². The fourth-order valence-electron chi connectivity index (χ4n) is 3.76. The molecule has 2 aromatic heterocycles. The topological polar surface area (TPSA) is 72.7 Å². The quantitative estimate of drug-likeness (QED) is 0.355. The first-order chi connectivity index (χ1) is 16.0. The first kappa shape index (κ1) is 22.7. The van der Waals surface area contributed by atoms with Gasteiger partial charge in [0.05, 0.1) is 11.4 Å². The molecule has 0 aliphatic carbocycles. The molecule has 4 rings (SSSR count). The van der Waals surface area contributed by atoms with Gasteiger partial charge in [-0.05, 0) is 54.7 Å².